The Morgan fingerprint density at radius 2 is 1.79 bits per heavy atom. The molecule has 0 radical (unpaired) electrons. The first-order valence-corrected chi connectivity index (χ1v) is 8.52. The zero-order chi connectivity index (χ0) is 17.5. The van der Waals surface area contributed by atoms with Crippen molar-refractivity contribution in [3.8, 4) is 5.75 Å². The summed E-state index contributed by atoms with van der Waals surface area (Å²) in [5, 5.41) is 9.72. The lowest BCUT2D eigenvalue weighted by Gasteiger charge is -2.16. The first-order chi connectivity index (χ1) is 11.4. The summed E-state index contributed by atoms with van der Waals surface area (Å²) in [5.74, 6) is -0.747. The lowest BCUT2D eigenvalue weighted by molar-refractivity contribution is -0.130. The molecule has 0 saturated heterocycles. The van der Waals surface area contributed by atoms with Crippen LogP contribution in [-0.4, -0.2) is 38.0 Å². The van der Waals surface area contributed by atoms with Gasteiger partial charge in [-0.05, 0) is 23.8 Å². The number of fused-ring (bicyclic) bond motifs is 1. The highest BCUT2D eigenvalue weighted by Crippen LogP contribution is 2.43. The number of ether oxygens (including phenoxy) is 1. The van der Waals surface area contributed by atoms with E-state index < -0.39 is 16.0 Å². The summed E-state index contributed by atoms with van der Waals surface area (Å²) < 4.78 is 31.4. The number of hydrogen-bond donors (Lipinski definition) is 1. The number of aliphatic carboxylic acids is 1. The monoisotopic (exact) mass is 345 g/mol. The highest BCUT2D eigenvalue weighted by molar-refractivity contribution is 7.90. The average molecular weight is 345 g/mol. The first-order valence-electron chi connectivity index (χ1n) is 7.08. The highest BCUT2D eigenvalue weighted by Gasteiger charge is 2.39. The number of carboxylic acids is 1. The zero-order valence-corrected chi connectivity index (χ0v) is 13.9. The van der Waals surface area contributed by atoms with Gasteiger partial charge in [0.15, 0.2) is 0 Å². The van der Waals surface area contributed by atoms with Crippen LogP contribution in [0.2, 0.25) is 0 Å². The van der Waals surface area contributed by atoms with Gasteiger partial charge in [0.05, 0.1) is 23.3 Å². The molecule has 2 aromatic carbocycles. The molecule has 1 heterocycles. The van der Waals surface area contributed by atoms with Crippen LogP contribution in [0, 0.1) is 0 Å². The Morgan fingerprint density at radius 3 is 2.38 bits per heavy atom. The van der Waals surface area contributed by atoms with Crippen LogP contribution in [0.4, 0.5) is 0 Å². The molecule has 0 fully saturated rings. The van der Waals surface area contributed by atoms with Gasteiger partial charge in [-0.2, -0.15) is 0 Å². The second kappa shape index (κ2) is 5.68. The van der Waals surface area contributed by atoms with Gasteiger partial charge in [0, 0.05) is 12.6 Å². The largest absolute Gasteiger partial charge is 0.497 e. The Kier molecular flexibility index (Phi) is 3.81. The van der Waals surface area contributed by atoms with E-state index in [1.807, 2.05) is 0 Å². The maximum atomic E-state index is 12.6. The molecule has 0 aromatic heterocycles. The van der Waals surface area contributed by atoms with E-state index in [4.69, 9.17) is 4.74 Å². The minimum Gasteiger partial charge on any atom is -0.497 e. The first kappa shape index (κ1) is 16.1. The van der Waals surface area contributed by atoms with Crippen LogP contribution < -0.4 is 4.74 Å². The van der Waals surface area contributed by atoms with Crippen molar-refractivity contribution in [2.75, 3.05) is 14.2 Å². The predicted molar refractivity (Wildman–Crippen MR) is 88.8 cm³/mol. The van der Waals surface area contributed by atoms with Gasteiger partial charge in [0.1, 0.15) is 5.75 Å². The molecule has 0 saturated carbocycles. The molecule has 0 bridgehead atoms. The number of benzene rings is 2. The Hall–Kier alpha value is -2.80. The molecule has 24 heavy (non-hydrogen) atoms. The average Bonchev–Trinajstić information content (AvgIpc) is 2.76. The van der Waals surface area contributed by atoms with E-state index in [2.05, 4.69) is 0 Å². The lowest BCUT2D eigenvalue weighted by Crippen LogP contribution is -2.20. The number of nitrogens with zero attached hydrogens (tertiary/aromatic N) is 1. The van der Waals surface area contributed by atoms with Crippen molar-refractivity contribution in [1.82, 2.24) is 4.31 Å². The van der Waals surface area contributed by atoms with E-state index in [0.29, 0.717) is 16.9 Å². The Bertz CT molecular complexity index is 948. The second-order valence-electron chi connectivity index (χ2n) is 5.23. The minimum atomic E-state index is -3.79. The van der Waals surface area contributed by atoms with Crippen LogP contribution in [0.3, 0.4) is 0 Å². The molecule has 1 aliphatic heterocycles. The number of carboxylic acid groups (broad SMARTS) is 1. The molecule has 3 rings (SSSR count). The summed E-state index contributed by atoms with van der Waals surface area (Å²) in [6, 6.07) is 12.9. The van der Waals surface area contributed by atoms with Crippen LogP contribution in [-0.2, 0) is 14.8 Å². The van der Waals surface area contributed by atoms with Gasteiger partial charge in [0.2, 0.25) is 0 Å². The fourth-order valence-corrected chi connectivity index (χ4v) is 4.14. The summed E-state index contributed by atoms with van der Waals surface area (Å²) >= 11 is 0. The molecular formula is C17H15NO5S. The van der Waals surface area contributed by atoms with Crippen molar-refractivity contribution in [2.24, 2.45) is 0 Å². The van der Waals surface area contributed by atoms with Crippen LogP contribution in [0.15, 0.2) is 53.4 Å². The molecule has 6 nitrogen and oxygen atoms in total. The summed E-state index contributed by atoms with van der Waals surface area (Å²) in [6.45, 7) is 0. The topological polar surface area (TPSA) is 83.9 Å². The van der Waals surface area contributed by atoms with Gasteiger partial charge in [-0.15, -0.1) is 0 Å². The van der Waals surface area contributed by atoms with E-state index in [1.165, 1.54) is 32.4 Å². The van der Waals surface area contributed by atoms with E-state index in [-0.39, 0.29) is 16.2 Å². The van der Waals surface area contributed by atoms with Gasteiger partial charge in [-0.3, -0.25) is 4.31 Å². The highest BCUT2D eigenvalue weighted by atomic mass is 32.2. The quantitative estimate of drug-likeness (QED) is 0.863. The van der Waals surface area contributed by atoms with Crippen LogP contribution in [0.5, 0.6) is 5.75 Å². The van der Waals surface area contributed by atoms with E-state index in [0.717, 1.165) is 4.31 Å². The molecular weight excluding hydrogens is 330 g/mol. The smallest absolute Gasteiger partial charge is 0.338 e. The van der Waals surface area contributed by atoms with Gasteiger partial charge in [-0.25, -0.2) is 13.2 Å². The van der Waals surface area contributed by atoms with Gasteiger partial charge in [-0.1, -0.05) is 30.3 Å². The summed E-state index contributed by atoms with van der Waals surface area (Å²) in [7, 11) is -0.972. The normalized spacial score (nSPS) is 17.3. The van der Waals surface area contributed by atoms with Gasteiger partial charge < -0.3 is 9.84 Å². The Labute approximate surface area is 139 Å². The molecule has 0 aliphatic carbocycles. The second-order valence-corrected chi connectivity index (χ2v) is 7.17. The third kappa shape index (κ3) is 2.33. The number of methoxy groups -OCH3 is 1. The number of rotatable bonds is 3. The number of sulfonamides is 1. The third-order valence-electron chi connectivity index (χ3n) is 3.91. The number of hydrogen-bond acceptors (Lipinski definition) is 4. The van der Waals surface area contributed by atoms with Crippen LogP contribution >= 0.6 is 0 Å². The lowest BCUT2D eigenvalue weighted by atomic mass is 9.99. The van der Waals surface area contributed by atoms with Crippen LogP contribution in [0.1, 0.15) is 11.1 Å². The molecule has 0 unspecified atom stereocenters. The fraction of sp³-hybridized carbons (Fsp3) is 0.118. The molecule has 0 atom stereocenters. The predicted octanol–water partition coefficient (Wildman–Crippen LogP) is 2.28. The number of carbonyl (C=O) groups is 1. The van der Waals surface area contributed by atoms with E-state index >= 15 is 0 Å². The van der Waals surface area contributed by atoms with Crippen molar-refractivity contribution in [3.05, 3.63) is 59.7 Å². The maximum absolute atomic E-state index is 12.6. The molecule has 124 valence electrons. The standard InChI is InChI=1S/C17H15NO5S/c1-18-16(15(17(19)20)11-6-4-3-5-7-11)13-10-12(23-2)8-9-14(13)24(18,21)22/h3-10H,1-2H3,(H,19,20)/b16-15+. The van der Waals surface area contributed by atoms with Crippen molar-refractivity contribution in [2.45, 2.75) is 4.90 Å². The van der Waals surface area contributed by atoms with Crippen molar-refractivity contribution in [1.29, 1.82) is 0 Å². The molecule has 0 amide bonds. The Balaban J connectivity index is 2.41. The fourth-order valence-electron chi connectivity index (χ4n) is 2.74. The summed E-state index contributed by atoms with van der Waals surface area (Å²) in [6.07, 6.45) is 0. The van der Waals surface area contributed by atoms with E-state index in [9.17, 15) is 18.3 Å². The van der Waals surface area contributed by atoms with Crippen molar-refractivity contribution >= 4 is 27.3 Å². The van der Waals surface area contributed by atoms with Crippen molar-refractivity contribution < 1.29 is 23.1 Å². The molecule has 1 N–H and O–H groups in total. The summed E-state index contributed by atoms with van der Waals surface area (Å²) in [5.41, 5.74) is 0.798. The third-order valence-corrected chi connectivity index (χ3v) is 5.72. The van der Waals surface area contributed by atoms with E-state index in [1.54, 1.807) is 30.3 Å². The minimum absolute atomic E-state index is 0.0653. The van der Waals surface area contributed by atoms with Crippen LogP contribution in [0.25, 0.3) is 11.3 Å². The molecule has 1 aliphatic rings. The van der Waals surface area contributed by atoms with Gasteiger partial charge in [0.25, 0.3) is 10.0 Å². The SMILES string of the molecule is COc1ccc2c(c1)/C(=C(\C(=O)O)c1ccccc1)N(C)S2(=O)=O. The Morgan fingerprint density at radius 1 is 1.12 bits per heavy atom. The molecule has 7 heteroatoms. The summed E-state index contributed by atoms with van der Waals surface area (Å²) in [4.78, 5) is 12.0. The molecule has 0 spiro atoms. The molecule has 2 aromatic rings. The van der Waals surface area contributed by atoms with Crippen molar-refractivity contribution in [3.63, 3.8) is 0 Å². The van der Waals surface area contributed by atoms with Gasteiger partial charge >= 0.3 is 5.97 Å². The zero-order valence-electron chi connectivity index (χ0n) is 13.1. The maximum Gasteiger partial charge on any atom is 0.338 e.